The summed E-state index contributed by atoms with van der Waals surface area (Å²) < 4.78 is 26.4. The van der Waals surface area contributed by atoms with E-state index in [1.165, 1.54) is 4.31 Å². The molecule has 0 fully saturated rings. The molecule has 13 heavy (non-hydrogen) atoms. The second-order valence-electron chi connectivity index (χ2n) is 2.40. The highest BCUT2D eigenvalue weighted by atomic mass is 32.2. The highest BCUT2D eigenvalue weighted by molar-refractivity contribution is 7.87. The highest BCUT2D eigenvalue weighted by Gasteiger charge is 2.17. The van der Waals surface area contributed by atoms with Crippen LogP contribution in [0.2, 0.25) is 0 Å². The van der Waals surface area contributed by atoms with Crippen molar-refractivity contribution in [1.82, 2.24) is 9.03 Å². The number of nitrogens with zero attached hydrogens (tertiary/aromatic N) is 2. The van der Waals surface area contributed by atoms with Crippen molar-refractivity contribution in [3.63, 3.8) is 0 Å². The predicted molar refractivity (Wildman–Crippen MR) is 50.1 cm³/mol. The molecule has 0 bridgehead atoms. The lowest BCUT2D eigenvalue weighted by atomic mass is 10.5. The van der Waals surface area contributed by atoms with Gasteiger partial charge in [-0.2, -0.15) is 18.0 Å². The molecule has 0 aromatic rings. The Bertz CT molecular complexity index is 268. The topological polar surface area (TPSA) is 73.2 Å². The Labute approximate surface area is 79.5 Å². The maximum Gasteiger partial charge on any atom is 0.279 e. The molecule has 0 rings (SSSR count). The zero-order valence-corrected chi connectivity index (χ0v) is 8.76. The van der Waals surface area contributed by atoms with E-state index in [1.54, 1.807) is 13.8 Å². The van der Waals surface area contributed by atoms with E-state index < -0.39 is 10.2 Å². The monoisotopic (exact) mass is 205 g/mol. The molecule has 0 radical (unpaired) electrons. The van der Waals surface area contributed by atoms with Crippen LogP contribution < -0.4 is 4.72 Å². The number of hydrogen-bond donors (Lipinski definition) is 1. The molecule has 0 aliphatic carbocycles. The van der Waals surface area contributed by atoms with Gasteiger partial charge in [-0.3, -0.25) is 0 Å². The van der Waals surface area contributed by atoms with Gasteiger partial charge in [0.25, 0.3) is 10.2 Å². The lowest BCUT2D eigenvalue weighted by Crippen LogP contribution is -2.40. The van der Waals surface area contributed by atoms with Gasteiger partial charge >= 0.3 is 0 Å². The van der Waals surface area contributed by atoms with Crippen molar-refractivity contribution in [2.75, 3.05) is 19.6 Å². The molecule has 0 unspecified atom stereocenters. The number of rotatable bonds is 6. The van der Waals surface area contributed by atoms with Crippen molar-refractivity contribution in [2.24, 2.45) is 0 Å². The van der Waals surface area contributed by atoms with Crippen LogP contribution in [0.25, 0.3) is 0 Å². The minimum atomic E-state index is -3.36. The lowest BCUT2D eigenvalue weighted by Gasteiger charge is -2.18. The fourth-order valence-electron chi connectivity index (χ4n) is 0.897. The van der Waals surface area contributed by atoms with Gasteiger partial charge in [-0.25, -0.2) is 4.72 Å². The van der Waals surface area contributed by atoms with Gasteiger partial charge in [0.1, 0.15) is 0 Å². The van der Waals surface area contributed by atoms with E-state index in [4.69, 9.17) is 5.26 Å². The smallest absolute Gasteiger partial charge is 0.202 e. The average Bonchev–Trinajstić information content (AvgIpc) is 2.05. The molecule has 0 aromatic heterocycles. The van der Waals surface area contributed by atoms with Gasteiger partial charge in [-0.15, -0.1) is 0 Å². The minimum Gasteiger partial charge on any atom is -0.202 e. The SMILES string of the molecule is CCNS(=O)(=O)N(CC)CCC#N. The van der Waals surface area contributed by atoms with Crippen molar-refractivity contribution in [2.45, 2.75) is 20.3 Å². The zero-order chi connectivity index (χ0) is 10.3. The molecule has 0 saturated heterocycles. The second-order valence-corrected chi connectivity index (χ2v) is 4.16. The largest absolute Gasteiger partial charge is 0.279 e. The van der Waals surface area contributed by atoms with Crippen molar-refractivity contribution < 1.29 is 8.42 Å². The summed E-state index contributed by atoms with van der Waals surface area (Å²) in [6.45, 7) is 4.46. The van der Waals surface area contributed by atoms with Crippen LogP contribution in [-0.4, -0.2) is 32.4 Å². The van der Waals surface area contributed by atoms with E-state index in [9.17, 15) is 8.42 Å². The summed E-state index contributed by atoms with van der Waals surface area (Å²) in [6.07, 6.45) is 0.221. The maximum atomic E-state index is 11.4. The molecular weight excluding hydrogens is 190 g/mol. The first-order valence-electron chi connectivity index (χ1n) is 4.20. The Morgan fingerprint density at radius 3 is 2.46 bits per heavy atom. The second kappa shape index (κ2) is 5.91. The molecule has 0 saturated carbocycles. The van der Waals surface area contributed by atoms with Gasteiger partial charge < -0.3 is 0 Å². The normalized spacial score (nSPS) is 11.5. The Hall–Kier alpha value is -0.640. The van der Waals surface area contributed by atoms with Gasteiger partial charge in [0.05, 0.1) is 6.07 Å². The molecule has 1 N–H and O–H groups in total. The third-order valence-electron chi connectivity index (χ3n) is 1.49. The number of nitriles is 1. The van der Waals surface area contributed by atoms with Crippen molar-refractivity contribution in [3.8, 4) is 6.07 Å². The Balaban J connectivity index is 4.31. The van der Waals surface area contributed by atoms with E-state index in [0.29, 0.717) is 13.1 Å². The van der Waals surface area contributed by atoms with Crippen molar-refractivity contribution in [3.05, 3.63) is 0 Å². The quantitative estimate of drug-likeness (QED) is 0.667. The fraction of sp³-hybridized carbons (Fsp3) is 0.857. The van der Waals surface area contributed by atoms with Crippen LogP contribution in [0.4, 0.5) is 0 Å². The summed E-state index contributed by atoms with van der Waals surface area (Å²) in [6, 6.07) is 1.91. The van der Waals surface area contributed by atoms with Crippen LogP contribution in [0.5, 0.6) is 0 Å². The number of nitrogens with one attached hydrogen (secondary N) is 1. The Morgan fingerprint density at radius 1 is 1.46 bits per heavy atom. The molecule has 0 amide bonds. The first kappa shape index (κ1) is 12.4. The number of hydrogen-bond acceptors (Lipinski definition) is 3. The first-order valence-corrected chi connectivity index (χ1v) is 5.64. The van der Waals surface area contributed by atoms with Crippen molar-refractivity contribution in [1.29, 1.82) is 5.26 Å². The van der Waals surface area contributed by atoms with Crippen LogP contribution in [0.1, 0.15) is 20.3 Å². The van der Waals surface area contributed by atoms with Crippen LogP contribution in [0.3, 0.4) is 0 Å². The molecule has 5 nitrogen and oxygen atoms in total. The summed E-state index contributed by atoms with van der Waals surface area (Å²) in [4.78, 5) is 0. The summed E-state index contributed by atoms with van der Waals surface area (Å²) in [5.41, 5.74) is 0. The fourth-order valence-corrected chi connectivity index (χ4v) is 2.12. The van der Waals surface area contributed by atoms with E-state index in [2.05, 4.69) is 4.72 Å². The van der Waals surface area contributed by atoms with Crippen LogP contribution in [-0.2, 0) is 10.2 Å². The Morgan fingerprint density at radius 2 is 2.08 bits per heavy atom. The summed E-state index contributed by atoms with van der Waals surface area (Å²) in [5.74, 6) is 0. The van der Waals surface area contributed by atoms with Gasteiger partial charge in [0, 0.05) is 26.1 Å². The minimum absolute atomic E-state index is 0.221. The molecule has 0 atom stereocenters. The average molecular weight is 205 g/mol. The third kappa shape index (κ3) is 4.22. The molecule has 0 aliphatic rings. The standard InChI is InChI=1S/C7H15N3O2S/c1-3-9-13(11,12)10(4-2)7-5-6-8/h9H,3-5,7H2,1-2H3. The summed E-state index contributed by atoms with van der Waals surface area (Å²) >= 11 is 0. The van der Waals surface area contributed by atoms with Crippen LogP contribution >= 0.6 is 0 Å². The molecule has 76 valence electrons. The molecule has 0 heterocycles. The van der Waals surface area contributed by atoms with Crippen LogP contribution in [0.15, 0.2) is 0 Å². The molecule has 0 aromatic carbocycles. The van der Waals surface area contributed by atoms with Crippen LogP contribution in [0, 0.1) is 11.3 Å². The first-order chi connectivity index (χ1) is 6.08. The van der Waals surface area contributed by atoms with Gasteiger partial charge in [0.2, 0.25) is 0 Å². The van der Waals surface area contributed by atoms with E-state index in [0.717, 1.165) is 0 Å². The van der Waals surface area contributed by atoms with Gasteiger partial charge in [0.15, 0.2) is 0 Å². The summed E-state index contributed by atoms with van der Waals surface area (Å²) in [7, 11) is -3.36. The predicted octanol–water partition coefficient (Wildman–Crippen LogP) is 0.0763. The lowest BCUT2D eigenvalue weighted by molar-refractivity contribution is 0.426. The van der Waals surface area contributed by atoms with E-state index in [1.807, 2.05) is 6.07 Å². The zero-order valence-electron chi connectivity index (χ0n) is 7.95. The van der Waals surface area contributed by atoms with E-state index >= 15 is 0 Å². The third-order valence-corrected chi connectivity index (χ3v) is 3.27. The van der Waals surface area contributed by atoms with E-state index in [-0.39, 0.29) is 13.0 Å². The van der Waals surface area contributed by atoms with Crippen molar-refractivity contribution >= 4 is 10.2 Å². The molecule has 6 heteroatoms. The Kier molecular flexibility index (Phi) is 5.62. The van der Waals surface area contributed by atoms with Gasteiger partial charge in [-0.1, -0.05) is 13.8 Å². The summed E-state index contributed by atoms with van der Waals surface area (Å²) in [5, 5.41) is 8.31. The molecule has 0 aliphatic heterocycles. The molecular formula is C7H15N3O2S. The highest BCUT2D eigenvalue weighted by Crippen LogP contribution is 1.98. The molecule has 0 spiro atoms. The maximum absolute atomic E-state index is 11.4. The van der Waals surface area contributed by atoms with Gasteiger partial charge in [-0.05, 0) is 0 Å².